The fourth-order valence-corrected chi connectivity index (χ4v) is 6.51. The van der Waals surface area contributed by atoms with Crippen molar-refractivity contribution in [1.29, 1.82) is 0 Å². The SMILES string of the molecule is Cc1ccc(N2CCC(C(=O)N3CCC(NS(=O)(=O)c4cccs4)CC3)C2=O)cc1C. The Morgan fingerprint density at radius 1 is 1.06 bits per heavy atom. The van der Waals surface area contributed by atoms with Crippen LogP contribution < -0.4 is 9.62 Å². The fourth-order valence-electron chi connectivity index (χ4n) is 4.19. The molecular formula is C22H27N3O4S2. The lowest BCUT2D eigenvalue weighted by Gasteiger charge is -2.33. The van der Waals surface area contributed by atoms with E-state index in [2.05, 4.69) is 4.72 Å². The predicted octanol–water partition coefficient (Wildman–Crippen LogP) is 2.69. The molecule has 1 aromatic carbocycles. The number of nitrogens with one attached hydrogen (secondary N) is 1. The topological polar surface area (TPSA) is 86.8 Å². The van der Waals surface area contributed by atoms with Gasteiger partial charge in [-0.25, -0.2) is 13.1 Å². The van der Waals surface area contributed by atoms with E-state index in [0.717, 1.165) is 11.3 Å². The Bertz CT molecular complexity index is 1070. The van der Waals surface area contributed by atoms with E-state index in [1.54, 1.807) is 27.3 Å². The van der Waals surface area contributed by atoms with Crippen LogP contribution in [0.15, 0.2) is 39.9 Å². The van der Waals surface area contributed by atoms with Crippen LogP contribution in [0.25, 0.3) is 0 Å². The molecule has 1 atom stereocenters. The van der Waals surface area contributed by atoms with E-state index >= 15 is 0 Å². The number of thiophene rings is 1. The third kappa shape index (κ3) is 4.53. The zero-order valence-corrected chi connectivity index (χ0v) is 19.3. The van der Waals surface area contributed by atoms with E-state index in [-0.39, 0.29) is 17.9 Å². The van der Waals surface area contributed by atoms with Gasteiger partial charge in [0.2, 0.25) is 21.8 Å². The Balaban J connectivity index is 1.34. The molecule has 166 valence electrons. The van der Waals surface area contributed by atoms with E-state index in [1.807, 2.05) is 32.0 Å². The first kappa shape index (κ1) is 22.0. The van der Waals surface area contributed by atoms with E-state index in [9.17, 15) is 18.0 Å². The van der Waals surface area contributed by atoms with E-state index < -0.39 is 15.9 Å². The average Bonchev–Trinajstić information content (AvgIpc) is 3.41. The molecule has 2 aliphatic rings. The van der Waals surface area contributed by atoms with Crippen LogP contribution in [-0.2, 0) is 19.6 Å². The third-order valence-electron chi connectivity index (χ3n) is 6.19. The lowest BCUT2D eigenvalue weighted by molar-refractivity contribution is -0.140. The molecule has 2 amide bonds. The number of hydrogen-bond donors (Lipinski definition) is 1. The molecule has 2 fully saturated rings. The lowest BCUT2D eigenvalue weighted by Crippen LogP contribution is -2.49. The first-order valence-electron chi connectivity index (χ1n) is 10.5. The van der Waals surface area contributed by atoms with Crippen LogP contribution in [0.5, 0.6) is 0 Å². The quantitative estimate of drug-likeness (QED) is 0.694. The molecule has 4 rings (SSSR count). The van der Waals surface area contributed by atoms with Gasteiger partial charge in [0.05, 0.1) is 0 Å². The summed E-state index contributed by atoms with van der Waals surface area (Å²) in [6.07, 6.45) is 1.59. The standard InChI is InChI=1S/C22H27N3O4S2/c1-15-5-6-18(14-16(15)2)25-12-9-19(22(25)27)21(26)24-10-7-17(8-11-24)23-31(28,29)20-4-3-13-30-20/h3-6,13-14,17,19,23H,7-12H2,1-2H3. The normalized spacial score (nSPS) is 20.5. The van der Waals surface area contributed by atoms with Crippen molar-refractivity contribution in [2.24, 2.45) is 5.92 Å². The molecule has 2 aliphatic heterocycles. The van der Waals surface area contributed by atoms with Gasteiger partial charge in [-0.15, -0.1) is 11.3 Å². The summed E-state index contributed by atoms with van der Waals surface area (Å²) in [5, 5.41) is 1.73. The van der Waals surface area contributed by atoms with Crippen LogP contribution in [0, 0.1) is 19.8 Å². The van der Waals surface area contributed by atoms with Crippen molar-refractivity contribution in [3.63, 3.8) is 0 Å². The monoisotopic (exact) mass is 461 g/mol. The van der Waals surface area contributed by atoms with Crippen LogP contribution in [0.4, 0.5) is 5.69 Å². The minimum Gasteiger partial charge on any atom is -0.342 e. The molecule has 0 saturated carbocycles. The molecule has 0 aliphatic carbocycles. The van der Waals surface area contributed by atoms with Crippen molar-refractivity contribution >= 4 is 38.9 Å². The van der Waals surface area contributed by atoms with Gasteiger partial charge in [0.15, 0.2) is 0 Å². The molecule has 7 nitrogen and oxygen atoms in total. The van der Waals surface area contributed by atoms with Gasteiger partial charge in [0.1, 0.15) is 10.1 Å². The van der Waals surface area contributed by atoms with Crippen molar-refractivity contribution in [3.8, 4) is 0 Å². The molecule has 1 unspecified atom stereocenters. The zero-order chi connectivity index (χ0) is 22.2. The van der Waals surface area contributed by atoms with Crippen LogP contribution in [-0.4, -0.2) is 50.8 Å². The maximum atomic E-state index is 13.0. The highest BCUT2D eigenvalue weighted by molar-refractivity contribution is 7.91. The minimum atomic E-state index is -3.52. The number of nitrogens with zero attached hydrogens (tertiary/aromatic N) is 2. The highest BCUT2D eigenvalue weighted by Gasteiger charge is 2.40. The smallest absolute Gasteiger partial charge is 0.250 e. The zero-order valence-electron chi connectivity index (χ0n) is 17.7. The number of amides is 2. The van der Waals surface area contributed by atoms with Gasteiger partial charge in [-0.1, -0.05) is 12.1 Å². The van der Waals surface area contributed by atoms with Gasteiger partial charge >= 0.3 is 0 Å². The lowest BCUT2D eigenvalue weighted by atomic mass is 10.0. The molecule has 0 spiro atoms. The van der Waals surface area contributed by atoms with Crippen molar-refractivity contribution in [3.05, 3.63) is 46.8 Å². The first-order valence-corrected chi connectivity index (χ1v) is 12.9. The van der Waals surface area contributed by atoms with Gasteiger partial charge < -0.3 is 9.80 Å². The van der Waals surface area contributed by atoms with Crippen molar-refractivity contribution in [2.45, 2.75) is 43.4 Å². The molecule has 1 N–H and O–H groups in total. The van der Waals surface area contributed by atoms with Gasteiger partial charge in [0.25, 0.3) is 0 Å². The van der Waals surface area contributed by atoms with Crippen LogP contribution in [0.2, 0.25) is 0 Å². The summed E-state index contributed by atoms with van der Waals surface area (Å²) in [4.78, 5) is 29.4. The highest BCUT2D eigenvalue weighted by Crippen LogP contribution is 2.29. The Labute approximate surface area is 187 Å². The van der Waals surface area contributed by atoms with Gasteiger partial charge in [0, 0.05) is 31.4 Å². The Morgan fingerprint density at radius 3 is 2.45 bits per heavy atom. The van der Waals surface area contributed by atoms with Crippen molar-refractivity contribution in [2.75, 3.05) is 24.5 Å². The molecular weight excluding hydrogens is 434 g/mol. The summed E-state index contributed by atoms with van der Waals surface area (Å²) in [5.41, 5.74) is 3.12. The maximum absolute atomic E-state index is 13.0. The van der Waals surface area contributed by atoms with Gasteiger partial charge in [-0.05, 0) is 67.8 Å². The minimum absolute atomic E-state index is 0.143. The Kier molecular flexibility index (Phi) is 6.18. The van der Waals surface area contributed by atoms with E-state index in [1.165, 1.54) is 16.9 Å². The number of anilines is 1. The molecule has 3 heterocycles. The molecule has 0 radical (unpaired) electrons. The predicted molar refractivity (Wildman–Crippen MR) is 121 cm³/mol. The Morgan fingerprint density at radius 2 is 1.81 bits per heavy atom. The average molecular weight is 462 g/mol. The van der Waals surface area contributed by atoms with Gasteiger partial charge in [-0.2, -0.15) is 0 Å². The first-order chi connectivity index (χ1) is 14.8. The number of piperidine rings is 1. The number of carbonyl (C=O) groups excluding carboxylic acids is 2. The summed E-state index contributed by atoms with van der Waals surface area (Å²) in [5.74, 6) is -0.939. The molecule has 2 saturated heterocycles. The summed E-state index contributed by atoms with van der Waals surface area (Å²) in [6, 6.07) is 9.00. The summed E-state index contributed by atoms with van der Waals surface area (Å²) in [7, 11) is -3.52. The number of carbonyl (C=O) groups is 2. The number of aryl methyl sites for hydroxylation is 2. The van der Waals surface area contributed by atoms with Crippen LogP contribution >= 0.6 is 11.3 Å². The number of hydrogen-bond acceptors (Lipinski definition) is 5. The van der Waals surface area contributed by atoms with Gasteiger partial charge in [-0.3, -0.25) is 9.59 Å². The number of sulfonamides is 1. The van der Waals surface area contributed by atoms with Crippen LogP contribution in [0.1, 0.15) is 30.4 Å². The molecule has 31 heavy (non-hydrogen) atoms. The van der Waals surface area contributed by atoms with Crippen molar-refractivity contribution in [1.82, 2.24) is 9.62 Å². The molecule has 0 bridgehead atoms. The largest absolute Gasteiger partial charge is 0.342 e. The Hall–Kier alpha value is -2.23. The number of likely N-dealkylation sites (tertiary alicyclic amines) is 1. The molecule has 9 heteroatoms. The summed E-state index contributed by atoms with van der Waals surface area (Å²) < 4.78 is 27.9. The second-order valence-electron chi connectivity index (χ2n) is 8.25. The van der Waals surface area contributed by atoms with Crippen molar-refractivity contribution < 1.29 is 18.0 Å². The van der Waals surface area contributed by atoms with Crippen LogP contribution in [0.3, 0.4) is 0 Å². The fraction of sp³-hybridized carbons (Fsp3) is 0.455. The molecule has 2 aromatic rings. The third-order valence-corrected chi connectivity index (χ3v) is 9.11. The summed E-state index contributed by atoms with van der Waals surface area (Å²) in [6.45, 7) is 5.48. The molecule has 1 aromatic heterocycles. The summed E-state index contributed by atoms with van der Waals surface area (Å²) >= 11 is 1.18. The van der Waals surface area contributed by atoms with E-state index in [0.29, 0.717) is 43.1 Å². The van der Waals surface area contributed by atoms with E-state index in [4.69, 9.17) is 0 Å². The highest BCUT2D eigenvalue weighted by atomic mass is 32.2. The number of rotatable bonds is 5. The second-order valence-corrected chi connectivity index (χ2v) is 11.1. The number of benzene rings is 1. The second kappa shape index (κ2) is 8.72. The maximum Gasteiger partial charge on any atom is 0.250 e.